The Bertz CT molecular complexity index is 506. The minimum Gasteiger partial charge on any atom is -0.354 e. The van der Waals surface area contributed by atoms with E-state index >= 15 is 0 Å². The molecule has 2 aromatic carbocycles. The fourth-order valence-corrected chi connectivity index (χ4v) is 1.96. The van der Waals surface area contributed by atoms with E-state index in [0.717, 1.165) is 22.9 Å². The largest absolute Gasteiger partial charge is 0.354 e. The quantitative estimate of drug-likeness (QED) is 0.889. The van der Waals surface area contributed by atoms with Gasteiger partial charge in [0.15, 0.2) is 0 Å². The molecule has 0 aliphatic heterocycles. The first-order valence-electron chi connectivity index (χ1n) is 5.90. The molecule has 1 N–H and O–H groups in total. The Morgan fingerprint density at radius 1 is 1.00 bits per heavy atom. The summed E-state index contributed by atoms with van der Waals surface area (Å²) >= 11 is 6.11. The summed E-state index contributed by atoms with van der Waals surface area (Å²) in [6.07, 6.45) is 0. The predicted octanol–water partition coefficient (Wildman–Crippen LogP) is 4.15. The van der Waals surface area contributed by atoms with Gasteiger partial charge in [0.25, 0.3) is 0 Å². The molecule has 0 aromatic heterocycles. The Hall–Kier alpha value is -1.51. The summed E-state index contributed by atoms with van der Waals surface area (Å²) in [7, 11) is 4.13. The maximum absolute atomic E-state index is 6.11. The molecule has 3 heteroatoms. The molecule has 0 saturated carbocycles. The lowest BCUT2D eigenvalue weighted by Gasteiger charge is -2.11. The normalized spacial score (nSPS) is 10.7. The molecule has 0 spiro atoms. The van der Waals surface area contributed by atoms with Gasteiger partial charge in [0.1, 0.15) is 0 Å². The van der Waals surface area contributed by atoms with Gasteiger partial charge in [0, 0.05) is 12.2 Å². The van der Waals surface area contributed by atoms with E-state index in [9.17, 15) is 0 Å². The van der Waals surface area contributed by atoms with Gasteiger partial charge in [-0.2, -0.15) is 0 Å². The molecule has 0 bridgehead atoms. The van der Waals surface area contributed by atoms with Crippen molar-refractivity contribution in [1.82, 2.24) is 4.90 Å². The van der Waals surface area contributed by atoms with Crippen LogP contribution in [0.4, 0.5) is 11.4 Å². The number of nitrogens with one attached hydrogen (secondary N) is 1. The van der Waals surface area contributed by atoms with Gasteiger partial charge in [-0.25, -0.2) is 0 Å². The molecule has 94 valence electrons. The lowest BCUT2D eigenvalue weighted by atomic mass is 10.2. The van der Waals surface area contributed by atoms with Crippen LogP contribution in [0.1, 0.15) is 5.56 Å². The molecule has 0 aliphatic rings. The highest BCUT2D eigenvalue weighted by Gasteiger charge is 2.00. The number of halogens is 1. The lowest BCUT2D eigenvalue weighted by molar-refractivity contribution is 0.402. The average Bonchev–Trinajstić information content (AvgIpc) is 2.34. The van der Waals surface area contributed by atoms with Crippen molar-refractivity contribution in [3.8, 4) is 0 Å². The number of nitrogens with zero attached hydrogens (tertiary/aromatic N) is 1. The van der Waals surface area contributed by atoms with Crippen molar-refractivity contribution in [2.45, 2.75) is 6.54 Å². The van der Waals surface area contributed by atoms with Crippen molar-refractivity contribution < 1.29 is 0 Å². The Kier molecular flexibility index (Phi) is 4.24. The minimum absolute atomic E-state index is 0.731. The van der Waals surface area contributed by atoms with Crippen molar-refractivity contribution >= 4 is 23.0 Å². The van der Waals surface area contributed by atoms with Crippen LogP contribution in [0.15, 0.2) is 48.5 Å². The SMILES string of the molecule is CN(C)Cc1ccc(Nc2ccccc2Cl)cc1. The topological polar surface area (TPSA) is 15.3 Å². The highest BCUT2D eigenvalue weighted by Crippen LogP contribution is 2.24. The molecular weight excluding hydrogens is 244 g/mol. The van der Waals surface area contributed by atoms with Gasteiger partial charge in [0.05, 0.1) is 10.7 Å². The first-order valence-corrected chi connectivity index (χ1v) is 6.28. The number of para-hydroxylation sites is 1. The number of benzene rings is 2. The second kappa shape index (κ2) is 5.89. The van der Waals surface area contributed by atoms with Gasteiger partial charge in [-0.3, -0.25) is 0 Å². The summed E-state index contributed by atoms with van der Waals surface area (Å²) in [5, 5.41) is 4.04. The van der Waals surface area contributed by atoms with Crippen LogP contribution in [-0.4, -0.2) is 19.0 Å². The Morgan fingerprint density at radius 3 is 2.28 bits per heavy atom. The summed E-state index contributed by atoms with van der Waals surface area (Å²) in [4.78, 5) is 2.15. The summed E-state index contributed by atoms with van der Waals surface area (Å²) in [6.45, 7) is 0.951. The third kappa shape index (κ3) is 3.49. The van der Waals surface area contributed by atoms with Crippen molar-refractivity contribution in [1.29, 1.82) is 0 Å². The summed E-state index contributed by atoms with van der Waals surface area (Å²) in [5.41, 5.74) is 3.27. The van der Waals surface area contributed by atoms with Crippen LogP contribution in [0, 0.1) is 0 Å². The molecule has 18 heavy (non-hydrogen) atoms. The van der Waals surface area contributed by atoms with Gasteiger partial charge in [-0.05, 0) is 43.9 Å². The van der Waals surface area contributed by atoms with Crippen molar-refractivity contribution in [2.75, 3.05) is 19.4 Å². The van der Waals surface area contributed by atoms with Crippen LogP contribution in [0.2, 0.25) is 5.02 Å². The standard InChI is InChI=1S/C15H17ClN2/c1-18(2)11-12-7-9-13(10-8-12)17-15-6-4-3-5-14(15)16/h3-10,17H,11H2,1-2H3. The van der Waals surface area contributed by atoms with E-state index in [-0.39, 0.29) is 0 Å². The number of hydrogen-bond acceptors (Lipinski definition) is 2. The minimum atomic E-state index is 0.731. The average molecular weight is 261 g/mol. The molecule has 0 fully saturated rings. The molecule has 0 unspecified atom stereocenters. The molecule has 0 aliphatic carbocycles. The van der Waals surface area contributed by atoms with Crippen LogP contribution >= 0.6 is 11.6 Å². The van der Waals surface area contributed by atoms with E-state index in [1.807, 2.05) is 24.3 Å². The van der Waals surface area contributed by atoms with E-state index in [0.29, 0.717) is 0 Å². The van der Waals surface area contributed by atoms with Gasteiger partial charge in [-0.1, -0.05) is 35.9 Å². The number of rotatable bonds is 4. The van der Waals surface area contributed by atoms with Crippen molar-refractivity contribution in [3.63, 3.8) is 0 Å². The molecule has 0 radical (unpaired) electrons. The van der Waals surface area contributed by atoms with E-state index in [1.54, 1.807) is 0 Å². The highest BCUT2D eigenvalue weighted by molar-refractivity contribution is 6.33. The third-order valence-electron chi connectivity index (χ3n) is 2.61. The van der Waals surface area contributed by atoms with Gasteiger partial charge >= 0.3 is 0 Å². The summed E-state index contributed by atoms with van der Waals surface area (Å²) in [6, 6.07) is 16.1. The van der Waals surface area contributed by atoms with E-state index in [4.69, 9.17) is 11.6 Å². The molecule has 0 saturated heterocycles. The summed E-state index contributed by atoms with van der Waals surface area (Å²) in [5.74, 6) is 0. The second-order valence-electron chi connectivity index (χ2n) is 4.54. The van der Waals surface area contributed by atoms with Crippen molar-refractivity contribution in [3.05, 3.63) is 59.1 Å². The van der Waals surface area contributed by atoms with Gasteiger partial charge in [0.2, 0.25) is 0 Å². The molecule has 0 amide bonds. The van der Waals surface area contributed by atoms with E-state index in [2.05, 4.69) is 48.6 Å². The monoisotopic (exact) mass is 260 g/mol. The Morgan fingerprint density at radius 2 is 1.67 bits per heavy atom. The highest BCUT2D eigenvalue weighted by atomic mass is 35.5. The van der Waals surface area contributed by atoms with Crippen LogP contribution in [0.5, 0.6) is 0 Å². The van der Waals surface area contributed by atoms with Crippen LogP contribution in [-0.2, 0) is 6.54 Å². The third-order valence-corrected chi connectivity index (χ3v) is 2.94. The van der Waals surface area contributed by atoms with E-state index < -0.39 is 0 Å². The molecule has 2 aromatic rings. The fourth-order valence-electron chi connectivity index (χ4n) is 1.78. The fraction of sp³-hybridized carbons (Fsp3) is 0.200. The molecule has 2 nitrogen and oxygen atoms in total. The smallest absolute Gasteiger partial charge is 0.0640 e. The summed E-state index contributed by atoms with van der Waals surface area (Å²) < 4.78 is 0. The maximum Gasteiger partial charge on any atom is 0.0640 e. The second-order valence-corrected chi connectivity index (χ2v) is 4.95. The van der Waals surface area contributed by atoms with Crippen LogP contribution in [0.3, 0.4) is 0 Å². The number of anilines is 2. The van der Waals surface area contributed by atoms with Gasteiger partial charge in [-0.15, -0.1) is 0 Å². The Balaban J connectivity index is 2.09. The molecule has 0 atom stereocenters. The zero-order chi connectivity index (χ0) is 13.0. The Labute approximate surface area is 113 Å². The van der Waals surface area contributed by atoms with E-state index in [1.165, 1.54) is 5.56 Å². The molecule has 2 rings (SSSR count). The zero-order valence-corrected chi connectivity index (χ0v) is 11.4. The predicted molar refractivity (Wildman–Crippen MR) is 78.6 cm³/mol. The zero-order valence-electron chi connectivity index (χ0n) is 10.7. The number of hydrogen-bond donors (Lipinski definition) is 1. The first-order chi connectivity index (χ1) is 8.65. The lowest BCUT2D eigenvalue weighted by Crippen LogP contribution is -2.10. The van der Waals surface area contributed by atoms with Crippen LogP contribution < -0.4 is 5.32 Å². The first kappa shape index (κ1) is 12.9. The maximum atomic E-state index is 6.11. The van der Waals surface area contributed by atoms with Crippen molar-refractivity contribution in [2.24, 2.45) is 0 Å². The van der Waals surface area contributed by atoms with Gasteiger partial charge < -0.3 is 10.2 Å². The molecular formula is C15H17ClN2. The molecule has 0 heterocycles. The van der Waals surface area contributed by atoms with Crippen LogP contribution in [0.25, 0.3) is 0 Å².